The Labute approximate surface area is 132 Å². The summed E-state index contributed by atoms with van der Waals surface area (Å²) in [7, 11) is -1.25. The van der Waals surface area contributed by atoms with Gasteiger partial charge in [-0.05, 0) is 18.2 Å². The van der Waals surface area contributed by atoms with Gasteiger partial charge in [-0.3, -0.25) is 4.79 Å². The Balaban J connectivity index is 2.26. The Morgan fingerprint density at radius 1 is 1.30 bits per heavy atom. The number of rotatable bonds is 6. The smallest absolute Gasteiger partial charge is 0.359 e. The standard InChI is InChI=1S/C14H18F3N3O2Si/c1-23(2,3)5-4-22-9-20-12-7-11(14(15,16)17)6-10(8-21)13(12)18-19-20/h6-8H,4-5,9H2,1-3H3. The molecule has 0 aliphatic rings. The number of carbonyl (C=O) groups is 1. The monoisotopic (exact) mass is 345 g/mol. The van der Waals surface area contributed by atoms with Crippen LogP contribution in [0.2, 0.25) is 25.7 Å². The summed E-state index contributed by atoms with van der Waals surface area (Å²) in [6.45, 7) is 7.12. The molecule has 0 bridgehead atoms. The lowest BCUT2D eigenvalue weighted by atomic mass is 10.1. The zero-order valence-electron chi connectivity index (χ0n) is 13.1. The number of carbonyl (C=O) groups excluding carboxylic acids is 1. The van der Waals surface area contributed by atoms with Gasteiger partial charge in [0, 0.05) is 20.2 Å². The number of aromatic nitrogens is 3. The van der Waals surface area contributed by atoms with Crippen LogP contribution in [0.3, 0.4) is 0 Å². The number of halogens is 3. The summed E-state index contributed by atoms with van der Waals surface area (Å²) in [6, 6.07) is 2.65. The third kappa shape index (κ3) is 4.38. The summed E-state index contributed by atoms with van der Waals surface area (Å²) in [5.74, 6) is 0. The van der Waals surface area contributed by atoms with Crippen LogP contribution in [0.4, 0.5) is 13.2 Å². The highest BCUT2D eigenvalue weighted by Gasteiger charge is 2.32. The van der Waals surface area contributed by atoms with Crippen LogP contribution in [-0.2, 0) is 17.6 Å². The maximum atomic E-state index is 12.9. The molecular formula is C14H18F3N3O2Si. The highest BCUT2D eigenvalue weighted by molar-refractivity contribution is 6.76. The fourth-order valence-corrected chi connectivity index (χ4v) is 2.73. The molecule has 0 fully saturated rings. The first-order valence-electron chi connectivity index (χ1n) is 7.09. The molecule has 1 aromatic heterocycles. The summed E-state index contributed by atoms with van der Waals surface area (Å²) in [4.78, 5) is 11.0. The fourth-order valence-electron chi connectivity index (χ4n) is 1.97. The third-order valence-corrected chi connectivity index (χ3v) is 5.02. The Morgan fingerprint density at radius 2 is 2.00 bits per heavy atom. The molecule has 2 aromatic rings. The molecule has 0 unspecified atom stereocenters. The van der Waals surface area contributed by atoms with Crippen LogP contribution in [0.1, 0.15) is 15.9 Å². The van der Waals surface area contributed by atoms with Gasteiger partial charge in [-0.25, -0.2) is 4.68 Å². The molecule has 23 heavy (non-hydrogen) atoms. The van der Waals surface area contributed by atoms with Crippen molar-refractivity contribution < 1.29 is 22.7 Å². The van der Waals surface area contributed by atoms with Crippen molar-refractivity contribution in [2.45, 2.75) is 38.6 Å². The lowest BCUT2D eigenvalue weighted by molar-refractivity contribution is -0.137. The zero-order valence-corrected chi connectivity index (χ0v) is 14.1. The highest BCUT2D eigenvalue weighted by atomic mass is 28.3. The van der Waals surface area contributed by atoms with Crippen LogP contribution in [-0.4, -0.2) is 36.0 Å². The van der Waals surface area contributed by atoms with Crippen molar-refractivity contribution >= 4 is 25.4 Å². The maximum absolute atomic E-state index is 12.9. The van der Waals surface area contributed by atoms with Crippen molar-refractivity contribution in [2.75, 3.05) is 6.61 Å². The van der Waals surface area contributed by atoms with Gasteiger partial charge in [0.05, 0.1) is 11.1 Å². The van der Waals surface area contributed by atoms with E-state index in [1.807, 2.05) is 0 Å². The second-order valence-electron chi connectivity index (χ2n) is 6.49. The van der Waals surface area contributed by atoms with Crippen molar-refractivity contribution in [1.82, 2.24) is 15.0 Å². The topological polar surface area (TPSA) is 57.0 Å². The number of nitrogens with zero attached hydrogens (tertiary/aromatic N) is 3. The summed E-state index contributed by atoms with van der Waals surface area (Å²) in [5.41, 5.74) is -0.766. The molecule has 9 heteroatoms. The molecular weight excluding hydrogens is 327 g/mol. The van der Waals surface area contributed by atoms with Gasteiger partial charge in [0.15, 0.2) is 6.29 Å². The van der Waals surface area contributed by atoms with E-state index in [0.717, 1.165) is 18.2 Å². The molecule has 0 saturated carbocycles. The minimum atomic E-state index is -4.54. The van der Waals surface area contributed by atoms with E-state index in [-0.39, 0.29) is 23.3 Å². The van der Waals surface area contributed by atoms with Gasteiger partial charge in [0.1, 0.15) is 12.2 Å². The first-order chi connectivity index (χ1) is 10.6. The van der Waals surface area contributed by atoms with Gasteiger partial charge in [0.25, 0.3) is 0 Å². The van der Waals surface area contributed by atoms with Crippen LogP contribution in [0.25, 0.3) is 11.0 Å². The number of hydrogen-bond acceptors (Lipinski definition) is 4. The summed E-state index contributed by atoms with van der Waals surface area (Å²) in [6.07, 6.45) is -4.19. The Kier molecular flexibility index (Phi) is 4.90. The first-order valence-corrected chi connectivity index (χ1v) is 10.8. The van der Waals surface area contributed by atoms with E-state index in [1.54, 1.807) is 0 Å². The van der Waals surface area contributed by atoms with E-state index in [9.17, 15) is 18.0 Å². The Bertz CT molecular complexity index is 708. The molecule has 0 atom stereocenters. The molecule has 5 nitrogen and oxygen atoms in total. The van der Waals surface area contributed by atoms with E-state index in [2.05, 4.69) is 30.0 Å². The van der Waals surface area contributed by atoms with Crippen molar-refractivity contribution in [3.8, 4) is 0 Å². The van der Waals surface area contributed by atoms with Gasteiger partial charge in [-0.2, -0.15) is 13.2 Å². The molecule has 0 N–H and O–H groups in total. The van der Waals surface area contributed by atoms with E-state index < -0.39 is 19.8 Å². The van der Waals surface area contributed by atoms with Gasteiger partial charge in [-0.15, -0.1) is 5.10 Å². The van der Waals surface area contributed by atoms with E-state index in [0.29, 0.717) is 12.9 Å². The number of fused-ring (bicyclic) bond motifs is 1. The second kappa shape index (κ2) is 6.40. The quantitative estimate of drug-likeness (QED) is 0.456. The molecule has 126 valence electrons. The summed E-state index contributed by atoms with van der Waals surface area (Å²) in [5, 5.41) is 7.57. The van der Waals surface area contributed by atoms with E-state index in [1.165, 1.54) is 4.68 Å². The second-order valence-corrected chi connectivity index (χ2v) is 12.1. The van der Waals surface area contributed by atoms with Crippen LogP contribution in [0.5, 0.6) is 0 Å². The van der Waals surface area contributed by atoms with Crippen LogP contribution in [0, 0.1) is 0 Å². The molecule has 0 radical (unpaired) electrons. The van der Waals surface area contributed by atoms with Crippen molar-refractivity contribution in [2.24, 2.45) is 0 Å². The van der Waals surface area contributed by atoms with Crippen LogP contribution >= 0.6 is 0 Å². The van der Waals surface area contributed by atoms with Gasteiger partial charge in [0.2, 0.25) is 0 Å². The number of aldehydes is 1. The molecule has 0 aliphatic heterocycles. The number of alkyl halides is 3. The molecule has 1 aromatic carbocycles. The first kappa shape index (κ1) is 17.6. The number of benzene rings is 1. The molecule has 0 spiro atoms. The average molecular weight is 345 g/mol. The highest BCUT2D eigenvalue weighted by Crippen LogP contribution is 2.32. The SMILES string of the molecule is C[Si](C)(C)CCOCn1nnc2c(C=O)cc(C(F)(F)F)cc21. The van der Waals surface area contributed by atoms with E-state index in [4.69, 9.17) is 4.74 Å². The van der Waals surface area contributed by atoms with Crippen molar-refractivity contribution in [3.05, 3.63) is 23.3 Å². The minimum absolute atomic E-state index is 0.000583. The summed E-state index contributed by atoms with van der Waals surface area (Å²) < 4.78 is 45.5. The van der Waals surface area contributed by atoms with Gasteiger partial charge in [-0.1, -0.05) is 24.9 Å². The number of ether oxygens (including phenoxy) is 1. The normalized spacial score (nSPS) is 12.8. The molecule has 0 amide bonds. The number of hydrogen-bond donors (Lipinski definition) is 0. The maximum Gasteiger partial charge on any atom is 0.416 e. The van der Waals surface area contributed by atoms with Gasteiger partial charge >= 0.3 is 6.18 Å². The van der Waals surface area contributed by atoms with Crippen molar-refractivity contribution in [1.29, 1.82) is 0 Å². The third-order valence-electron chi connectivity index (χ3n) is 3.31. The van der Waals surface area contributed by atoms with Crippen LogP contribution in [0.15, 0.2) is 12.1 Å². The lowest BCUT2D eigenvalue weighted by Crippen LogP contribution is -2.22. The molecule has 0 aliphatic carbocycles. The zero-order chi connectivity index (χ0) is 17.3. The predicted molar refractivity (Wildman–Crippen MR) is 82.0 cm³/mol. The Hall–Kier alpha value is -1.74. The summed E-state index contributed by atoms with van der Waals surface area (Å²) >= 11 is 0. The fraction of sp³-hybridized carbons (Fsp3) is 0.500. The molecule has 2 rings (SSSR count). The van der Waals surface area contributed by atoms with E-state index >= 15 is 0 Å². The average Bonchev–Trinajstić information content (AvgIpc) is 2.84. The molecule has 0 saturated heterocycles. The largest absolute Gasteiger partial charge is 0.416 e. The predicted octanol–water partition coefficient (Wildman–Crippen LogP) is 3.57. The van der Waals surface area contributed by atoms with Crippen molar-refractivity contribution in [3.63, 3.8) is 0 Å². The van der Waals surface area contributed by atoms with Crippen LogP contribution < -0.4 is 0 Å². The van der Waals surface area contributed by atoms with Gasteiger partial charge < -0.3 is 4.74 Å². The minimum Gasteiger partial charge on any atom is -0.359 e. The molecule has 1 heterocycles. The Morgan fingerprint density at radius 3 is 2.57 bits per heavy atom. The lowest BCUT2D eigenvalue weighted by Gasteiger charge is -2.15.